The maximum absolute atomic E-state index is 6.23. The molecule has 6 heteroatoms. The average molecular weight is 350 g/mol. The van der Waals surface area contributed by atoms with Crippen LogP contribution in [0.1, 0.15) is 5.56 Å². The van der Waals surface area contributed by atoms with Crippen molar-refractivity contribution in [3.05, 3.63) is 47.0 Å². The summed E-state index contributed by atoms with van der Waals surface area (Å²) >= 11 is 6.23. The van der Waals surface area contributed by atoms with E-state index >= 15 is 0 Å². The van der Waals surface area contributed by atoms with E-state index in [4.69, 9.17) is 30.5 Å². The smallest absolute Gasteiger partial charge is 0.179 e. The van der Waals surface area contributed by atoms with Crippen molar-refractivity contribution in [2.75, 3.05) is 33.5 Å². The lowest BCUT2D eigenvalue weighted by atomic mass is 10.2. The van der Waals surface area contributed by atoms with Gasteiger partial charge in [-0.2, -0.15) is 0 Å². The highest BCUT2D eigenvalue weighted by Crippen LogP contribution is 2.38. The number of ether oxygens (including phenoxy) is 4. The number of benzene rings is 2. The summed E-state index contributed by atoms with van der Waals surface area (Å²) in [6, 6.07) is 11.4. The van der Waals surface area contributed by atoms with Gasteiger partial charge in [0.25, 0.3) is 0 Å². The third kappa shape index (κ3) is 4.24. The summed E-state index contributed by atoms with van der Waals surface area (Å²) < 4.78 is 21.9. The van der Waals surface area contributed by atoms with Crippen LogP contribution >= 0.6 is 11.6 Å². The van der Waals surface area contributed by atoms with Crippen LogP contribution in [0.15, 0.2) is 36.4 Å². The Hall–Kier alpha value is -2.11. The van der Waals surface area contributed by atoms with Crippen molar-refractivity contribution in [2.45, 2.75) is 6.54 Å². The van der Waals surface area contributed by atoms with Crippen molar-refractivity contribution < 1.29 is 18.9 Å². The van der Waals surface area contributed by atoms with Crippen LogP contribution < -0.4 is 24.3 Å². The highest BCUT2D eigenvalue weighted by Gasteiger charge is 2.16. The van der Waals surface area contributed by atoms with Crippen LogP contribution in [0, 0.1) is 0 Å². The number of nitrogens with one attached hydrogen (secondary N) is 1. The van der Waals surface area contributed by atoms with Gasteiger partial charge in [0.05, 0.1) is 12.1 Å². The van der Waals surface area contributed by atoms with E-state index in [0.717, 1.165) is 17.1 Å². The van der Waals surface area contributed by atoms with Crippen molar-refractivity contribution in [1.82, 2.24) is 5.32 Å². The Morgan fingerprint density at radius 3 is 2.83 bits per heavy atom. The van der Waals surface area contributed by atoms with E-state index in [2.05, 4.69) is 5.32 Å². The van der Waals surface area contributed by atoms with Gasteiger partial charge < -0.3 is 24.3 Å². The Bertz CT molecular complexity index is 693. The van der Waals surface area contributed by atoms with Gasteiger partial charge in [-0.1, -0.05) is 17.7 Å². The Morgan fingerprint density at radius 1 is 1.12 bits per heavy atom. The molecule has 0 aliphatic carbocycles. The van der Waals surface area contributed by atoms with Crippen LogP contribution in [0.25, 0.3) is 0 Å². The number of hydrogen-bond donors (Lipinski definition) is 1. The predicted molar refractivity (Wildman–Crippen MR) is 92.6 cm³/mol. The molecular formula is C18H20ClNO4. The minimum Gasteiger partial charge on any atom is -0.497 e. The van der Waals surface area contributed by atoms with E-state index in [1.165, 1.54) is 0 Å². The second-order valence-electron chi connectivity index (χ2n) is 5.31. The van der Waals surface area contributed by atoms with Crippen molar-refractivity contribution in [3.8, 4) is 23.0 Å². The van der Waals surface area contributed by atoms with E-state index in [1.54, 1.807) is 7.11 Å². The molecule has 1 aliphatic rings. The summed E-state index contributed by atoms with van der Waals surface area (Å²) in [5.74, 6) is 2.91. The van der Waals surface area contributed by atoms with Gasteiger partial charge >= 0.3 is 0 Å². The zero-order valence-corrected chi connectivity index (χ0v) is 14.3. The fraction of sp³-hybridized carbons (Fsp3) is 0.333. The normalized spacial score (nSPS) is 12.8. The number of hydrogen-bond acceptors (Lipinski definition) is 5. The number of rotatable bonds is 7. The monoisotopic (exact) mass is 349 g/mol. The van der Waals surface area contributed by atoms with Gasteiger partial charge in [0, 0.05) is 19.2 Å². The first-order valence-electron chi connectivity index (χ1n) is 7.82. The van der Waals surface area contributed by atoms with Crippen LogP contribution in [0.4, 0.5) is 0 Å². The summed E-state index contributed by atoms with van der Waals surface area (Å²) in [6.45, 7) is 3.03. The van der Waals surface area contributed by atoms with Crippen LogP contribution in [-0.4, -0.2) is 33.5 Å². The first-order valence-corrected chi connectivity index (χ1v) is 8.19. The minimum atomic E-state index is 0.534. The van der Waals surface area contributed by atoms with E-state index in [-0.39, 0.29) is 0 Å². The van der Waals surface area contributed by atoms with Crippen molar-refractivity contribution in [3.63, 3.8) is 0 Å². The van der Waals surface area contributed by atoms with Gasteiger partial charge in [0.2, 0.25) is 0 Å². The molecular weight excluding hydrogens is 330 g/mol. The Kier molecular flexibility index (Phi) is 5.67. The molecule has 0 spiro atoms. The lowest BCUT2D eigenvalue weighted by Gasteiger charge is -2.20. The Morgan fingerprint density at radius 2 is 1.96 bits per heavy atom. The van der Waals surface area contributed by atoms with E-state index in [1.807, 2.05) is 36.4 Å². The van der Waals surface area contributed by atoms with E-state index in [0.29, 0.717) is 49.4 Å². The first-order chi connectivity index (χ1) is 11.8. The summed E-state index contributed by atoms with van der Waals surface area (Å²) in [4.78, 5) is 0. The minimum absolute atomic E-state index is 0.534. The van der Waals surface area contributed by atoms with E-state index in [9.17, 15) is 0 Å². The lowest BCUT2D eigenvalue weighted by Crippen LogP contribution is -2.21. The Balaban J connectivity index is 1.46. The molecule has 0 saturated heterocycles. The van der Waals surface area contributed by atoms with Crippen LogP contribution in [0.3, 0.4) is 0 Å². The standard InChI is InChI=1S/C18H20ClNO4/c1-21-14-3-2-4-15(11-14)22-6-5-20-12-13-9-16(19)18-17(10-13)23-7-8-24-18/h2-4,9-11,20H,5-8,12H2,1H3. The number of methoxy groups -OCH3 is 1. The summed E-state index contributed by atoms with van der Waals surface area (Å²) in [5, 5.41) is 3.90. The second kappa shape index (κ2) is 8.13. The molecule has 0 unspecified atom stereocenters. The molecule has 0 saturated carbocycles. The summed E-state index contributed by atoms with van der Waals surface area (Å²) in [5.41, 5.74) is 1.05. The molecule has 2 aromatic carbocycles. The lowest BCUT2D eigenvalue weighted by molar-refractivity contribution is 0.171. The highest BCUT2D eigenvalue weighted by atomic mass is 35.5. The van der Waals surface area contributed by atoms with Gasteiger partial charge in [0.15, 0.2) is 11.5 Å². The quantitative estimate of drug-likeness (QED) is 0.777. The van der Waals surface area contributed by atoms with Gasteiger partial charge in [-0.15, -0.1) is 0 Å². The number of fused-ring (bicyclic) bond motifs is 1. The third-order valence-corrected chi connectivity index (χ3v) is 3.86. The molecule has 0 aromatic heterocycles. The third-order valence-electron chi connectivity index (χ3n) is 3.57. The second-order valence-corrected chi connectivity index (χ2v) is 5.71. The van der Waals surface area contributed by atoms with Crippen LogP contribution in [0.5, 0.6) is 23.0 Å². The molecule has 0 amide bonds. The fourth-order valence-corrected chi connectivity index (χ4v) is 2.72. The van der Waals surface area contributed by atoms with Crippen molar-refractivity contribution in [1.29, 1.82) is 0 Å². The summed E-state index contributed by atoms with van der Waals surface area (Å²) in [7, 11) is 1.64. The molecule has 5 nitrogen and oxygen atoms in total. The zero-order valence-electron chi connectivity index (χ0n) is 13.5. The van der Waals surface area contributed by atoms with Gasteiger partial charge in [-0.25, -0.2) is 0 Å². The highest BCUT2D eigenvalue weighted by molar-refractivity contribution is 6.32. The maximum atomic E-state index is 6.23. The fourth-order valence-electron chi connectivity index (χ4n) is 2.43. The van der Waals surface area contributed by atoms with Gasteiger partial charge in [-0.05, 0) is 29.8 Å². The predicted octanol–water partition coefficient (Wildman–Crippen LogP) is 3.29. The maximum Gasteiger partial charge on any atom is 0.179 e. The molecule has 128 valence electrons. The van der Waals surface area contributed by atoms with E-state index < -0.39 is 0 Å². The molecule has 1 aliphatic heterocycles. The SMILES string of the molecule is COc1cccc(OCCNCc2cc(Cl)c3c(c2)OCCO3)c1. The molecule has 0 radical (unpaired) electrons. The Labute approximate surface area is 146 Å². The molecule has 24 heavy (non-hydrogen) atoms. The topological polar surface area (TPSA) is 49.0 Å². The average Bonchev–Trinajstić information content (AvgIpc) is 2.62. The molecule has 2 aromatic rings. The molecule has 0 atom stereocenters. The van der Waals surface area contributed by atoms with Crippen LogP contribution in [-0.2, 0) is 6.54 Å². The van der Waals surface area contributed by atoms with Crippen molar-refractivity contribution >= 4 is 11.6 Å². The number of halogens is 1. The molecule has 1 heterocycles. The summed E-state index contributed by atoms with van der Waals surface area (Å²) in [6.07, 6.45) is 0. The molecule has 0 fully saturated rings. The van der Waals surface area contributed by atoms with Gasteiger partial charge in [-0.3, -0.25) is 0 Å². The molecule has 0 bridgehead atoms. The largest absolute Gasteiger partial charge is 0.497 e. The van der Waals surface area contributed by atoms with Crippen molar-refractivity contribution in [2.24, 2.45) is 0 Å². The van der Waals surface area contributed by atoms with Gasteiger partial charge in [0.1, 0.15) is 31.3 Å². The van der Waals surface area contributed by atoms with Crippen LogP contribution in [0.2, 0.25) is 5.02 Å². The molecule has 3 rings (SSSR count). The first kappa shape index (κ1) is 16.7. The zero-order chi connectivity index (χ0) is 16.8. The molecule has 1 N–H and O–H groups in total.